The van der Waals surface area contributed by atoms with Crippen molar-refractivity contribution in [3.63, 3.8) is 0 Å². The van der Waals surface area contributed by atoms with Gasteiger partial charge in [-0.3, -0.25) is 4.79 Å². The van der Waals surface area contributed by atoms with Crippen LogP contribution in [0.1, 0.15) is 11.1 Å². The number of hydrogen-bond donors (Lipinski definition) is 0. The summed E-state index contributed by atoms with van der Waals surface area (Å²) in [7, 11) is 0. The lowest BCUT2D eigenvalue weighted by Crippen LogP contribution is -2.36. The maximum atomic E-state index is 12.9. The molecule has 0 saturated carbocycles. The van der Waals surface area contributed by atoms with Crippen molar-refractivity contribution in [2.75, 3.05) is 31.2 Å². The van der Waals surface area contributed by atoms with Gasteiger partial charge >= 0.3 is 0 Å². The fourth-order valence-corrected chi connectivity index (χ4v) is 3.82. The van der Waals surface area contributed by atoms with Gasteiger partial charge in [-0.15, -0.1) is 0 Å². The summed E-state index contributed by atoms with van der Waals surface area (Å²) in [5.74, 6) is 1.48. The Labute approximate surface area is 191 Å². The number of anilines is 1. The Kier molecular flexibility index (Phi) is 6.26. The summed E-state index contributed by atoms with van der Waals surface area (Å²) in [6, 6.07) is 24.8. The fraction of sp³-hybridized carbons (Fsp3) is 0.222. The average Bonchev–Trinajstić information content (AvgIpc) is 2.88. The highest BCUT2D eigenvalue weighted by Crippen LogP contribution is 2.37. The molecule has 1 aromatic heterocycles. The molecule has 2 heterocycles. The summed E-state index contributed by atoms with van der Waals surface area (Å²) in [4.78, 5) is 15.0. The number of hydrogen-bond acceptors (Lipinski definition) is 6. The largest absolute Gasteiger partial charge is 0.485 e. The van der Waals surface area contributed by atoms with E-state index in [0.29, 0.717) is 67.9 Å². The molecule has 5 rings (SSSR count). The van der Waals surface area contributed by atoms with Crippen LogP contribution in [0.15, 0.2) is 88.1 Å². The van der Waals surface area contributed by atoms with E-state index in [4.69, 9.17) is 18.6 Å². The Balaban J connectivity index is 1.54. The Bertz CT molecular complexity index is 1260. The zero-order chi connectivity index (χ0) is 22.5. The minimum atomic E-state index is -0.114. The second-order valence-electron chi connectivity index (χ2n) is 7.87. The molecule has 0 radical (unpaired) electrons. The first-order chi connectivity index (χ1) is 16.3. The van der Waals surface area contributed by atoms with E-state index in [1.165, 1.54) is 0 Å². The van der Waals surface area contributed by atoms with Crippen molar-refractivity contribution in [2.45, 2.75) is 13.2 Å². The molecule has 168 valence electrons. The molecule has 33 heavy (non-hydrogen) atoms. The molecule has 0 unspecified atom stereocenters. The smallest absolute Gasteiger partial charge is 0.205 e. The Morgan fingerprint density at radius 3 is 2.09 bits per heavy atom. The van der Waals surface area contributed by atoms with Crippen molar-refractivity contribution in [1.82, 2.24) is 0 Å². The van der Waals surface area contributed by atoms with E-state index in [0.717, 1.165) is 11.1 Å². The zero-order valence-corrected chi connectivity index (χ0v) is 18.2. The number of rotatable bonds is 7. The third-order valence-corrected chi connectivity index (χ3v) is 5.59. The van der Waals surface area contributed by atoms with Gasteiger partial charge in [-0.1, -0.05) is 60.7 Å². The van der Waals surface area contributed by atoms with Gasteiger partial charge in [0, 0.05) is 19.2 Å². The summed E-state index contributed by atoms with van der Waals surface area (Å²) in [6.45, 7) is 3.23. The number of morpholine rings is 1. The van der Waals surface area contributed by atoms with Crippen LogP contribution in [-0.4, -0.2) is 26.3 Å². The van der Waals surface area contributed by atoms with Crippen LogP contribution in [0, 0.1) is 0 Å². The molecule has 6 nitrogen and oxygen atoms in total. The van der Waals surface area contributed by atoms with Crippen molar-refractivity contribution in [3.8, 4) is 11.5 Å². The lowest BCUT2D eigenvalue weighted by molar-refractivity contribution is 0.120. The molecule has 0 spiro atoms. The lowest BCUT2D eigenvalue weighted by atomic mass is 10.2. The molecule has 4 aromatic rings. The van der Waals surface area contributed by atoms with Gasteiger partial charge < -0.3 is 23.5 Å². The summed E-state index contributed by atoms with van der Waals surface area (Å²) in [5.41, 5.74) is 2.33. The van der Waals surface area contributed by atoms with Crippen molar-refractivity contribution in [3.05, 3.63) is 100 Å². The Morgan fingerprint density at radius 2 is 1.42 bits per heavy atom. The highest BCUT2D eigenvalue weighted by atomic mass is 16.5. The zero-order valence-electron chi connectivity index (χ0n) is 18.2. The summed E-state index contributed by atoms with van der Waals surface area (Å²) in [6.07, 6.45) is 0. The molecule has 1 aliphatic heterocycles. The van der Waals surface area contributed by atoms with Crippen LogP contribution >= 0.6 is 0 Å². The Morgan fingerprint density at radius 1 is 0.788 bits per heavy atom. The Hall–Kier alpha value is -3.77. The van der Waals surface area contributed by atoms with E-state index in [-0.39, 0.29) is 5.43 Å². The fourth-order valence-electron chi connectivity index (χ4n) is 3.82. The normalized spacial score (nSPS) is 13.8. The first kappa shape index (κ1) is 21.1. The molecular weight excluding hydrogens is 418 g/mol. The third-order valence-electron chi connectivity index (χ3n) is 5.59. The first-order valence-electron chi connectivity index (χ1n) is 11.0. The second-order valence-corrected chi connectivity index (χ2v) is 7.87. The van der Waals surface area contributed by atoms with E-state index >= 15 is 0 Å². The number of nitrogens with zero attached hydrogens (tertiary/aromatic N) is 1. The van der Waals surface area contributed by atoms with Gasteiger partial charge in [-0.25, -0.2) is 0 Å². The summed E-state index contributed by atoms with van der Waals surface area (Å²) in [5, 5.41) is 0.460. The van der Waals surface area contributed by atoms with Gasteiger partial charge in [0.25, 0.3) is 0 Å². The molecule has 1 saturated heterocycles. The highest BCUT2D eigenvalue weighted by Gasteiger charge is 2.20. The van der Waals surface area contributed by atoms with Gasteiger partial charge in [-0.2, -0.15) is 0 Å². The topological polar surface area (TPSA) is 61.1 Å². The lowest BCUT2D eigenvalue weighted by Gasteiger charge is -2.27. The quantitative estimate of drug-likeness (QED) is 0.409. The average molecular weight is 443 g/mol. The molecule has 0 aliphatic carbocycles. The van der Waals surface area contributed by atoms with Crippen LogP contribution < -0.4 is 19.8 Å². The predicted molar refractivity (Wildman–Crippen MR) is 127 cm³/mol. The van der Waals surface area contributed by atoms with Crippen LogP contribution in [0.25, 0.3) is 11.0 Å². The van der Waals surface area contributed by atoms with E-state index < -0.39 is 0 Å². The molecule has 6 heteroatoms. The van der Waals surface area contributed by atoms with Crippen molar-refractivity contribution < 1.29 is 18.6 Å². The van der Waals surface area contributed by atoms with Gasteiger partial charge in [0.1, 0.15) is 13.2 Å². The maximum Gasteiger partial charge on any atom is 0.205 e. The highest BCUT2D eigenvalue weighted by molar-refractivity contribution is 5.86. The minimum absolute atomic E-state index is 0.114. The molecule has 3 aromatic carbocycles. The van der Waals surface area contributed by atoms with E-state index in [1.807, 2.05) is 65.6 Å². The van der Waals surface area contributed by atoms with E-state index in [1.54, 1.807) is 18.2 Å². The van der Waals surface area contributed by atoms with Gasteiger partial charge in [0.2, 0.25) is 5.75 Å². The molecule has 1 aliphatic rings. The summed E-state index contributed by atoms with van der Waals surface area (Å²) < 4.78 is 24.0. The molecule has 0 N–H and O–H groups in total. The standard InChI is InChI=1S/C27H25NO5/c29-23-17-25(28-13-15-30-16-14-28)33-26-22(23)11-12-24(31-18-20-7-3-1-4-8-20)27(26)32-19-21-9-5-2-6-10-21/h1-12,17H,13-16,18-19H2. The minimum Gasteiger partial charge on any atom is -0.485 e. The van der Waals surface area contributed by atoms with E-state index in [2.05, 4.69) is 0 Å². The monoisotopic (exact) mass is 443 g/mol. The number of fused-ring (bicyclic) bond motifs is 1. The molecule has 0 bridgehead atoms. The molecule has 1 fully saturated rings. The van der Waals surface area contributed by atoms with Crippen LogP contribution in [0.5, 0.6) is 11.5 Å². The summed E-state index contributed by atoms with van der Waals surface area (Å²) >= 11 is 0. The molecule has 0 amide bonds. The van der Waals surface area contributed by atoms with Crippen molar-refractivity contribution in [2.24, 2.45) is 0 Å². The third kappa shape index (κ3) is 4.86. The molecular formula is C27H25NO5. The van der Waals surface area contributed by atoms with Crippen molar-refractivity contribution >= 4 is 16.9 Å². The van der Waals surface area contributed by atoms with Crippen LogP contribution in [0.2, 0.25) is 0 Å². The van der Waals surface area contributed by atoms with Gasteiger partial charge in [-0.05, 0) is 23.3 Å². The maximum absolute atomic E-state index is 12.9. The SMILES string of the molecule is O=c1cc(N2CCOCC2)oc2c(OCc3ccccc3)c(OCc3ccccc3)ccc12. The number of ether oxygens (including phenoxy) is 3. The van der Waals surface area contributed by atoms with E-state index in [9.17, 15) is 4.79 Å². The second kappa shape index (κ2) is 9.79. The molecule has 0 atom stereocenters. The number of benzene rings is 3. The van der Waals surface area contributed by atoms with Gasteiger partial charge in [0.15, 0.2) is 22.6 Å². The van der Waals surface area contributed by atoms with Crippen molar-refractivity contribution in [1.29, 1.82) is 0 Å². The van der Waals surface area contributed by atoms with Crippen LogP contribution in [0.4, 0.5) is 5.88 Å². The predicted octanol–water partition coefficient (Wildman–Crippen LogP) is 4.79. The van der Waals surface area contributed by atoms with Crippen LogP contribution in [-0.2, 0) is 18.0 Å². The van der Waals surface area contributed by atoms with Gasteiger partial charge in [0.05, 0.1) is 18.6 Å². The first-order valence-corrected chi connectivity index (χ1v) is 11.0. The van der Waals surface area contributed by atoms with Crippen LogP contribution in [0.3, 0.4) is 0 Å².